The fourth-order valence-electron chi connectivity index (χ4n) is 1.79. The number of rotatable bonds is 1. The molecule has 0 spiro atoms. The van der Waals surface area contributed by atoms with Crippen molar-refractivity contribution in [1.29, 1.82) is 0 Å². The summed E-state index contributed by atoms with van der Waals surface area (Å²) in [6.07, 6.45) is -4.86. The van der Waals surface area contributed by atoms with Crippen LogP contribution in [0, 0.1) is 5.82 Å². The van der Waals surface area contributed by atoms with E-state index in [4.69, 9.17) is 34.8 Å². The molecule has 0 atom stereocenters. The van der Waals surface area contributed by atoms with Gasteiger partial charge in [0.1, 0.15) is 5.82 Å². The topological polar surface area (TPSA) is 0 Å². The molecule has 0 N–H and O–H groups in total. The summed E-state index contributed by atoms with van der Waals surface area (Å²) in [4.78, 5) is 0. The molecule has 0 saturated heterocycles. The Balaban J connectivity index is 2.81. The van der Waals surface area contributed by atoms with Crippen molar-refractivity contribution in [2.45, 2.75) is 6.18 Å². The normalized spacial score (nSPS) is 11.8. The van der Waals surface area contributed by atoms with Crippen molar-refractivity contribution in [2.75, 3.05) is 0 Å². The van der Waals surface area contributed by atoms with Gasteiger partial charge in [0.15, 0.2) is 0 Å². The van der Waals surface area contributed by atoms with Gasteiger partial charge in [0, 0.05) is 10.6 Å². The maximum absolute atomic E-state index is 13.5. The van der Waals surface area contributed by atoms with E-state index in [1.807, 2.05) is 0 Å². The Bertz CT molecular complexity index is 665. The lowest BCUT2D eigenvalue weighted by Crippen LogP contribution is -2.10. The molecule has 0 saturated carbocycles. The number of alkyl halides is 3. The lowest BCUT2D eigenvalue weighted by atomic mass is 9.98. The molecule has 0 radical (unpaired) electrons. The predicted octanol–water partition coefficient (Wildman–Crippen LogP) is 6.47. The van der Waals surface area contributed by atoms with Crippen molar-refractivity contribution in [3.8, 4) is 11.1 Å². The second-order valence-electron chi connectivity index (χ2n) is 3.91. The molecule has 0 aliphatic heterocycles. The van der Waals surface area contributed by atoms with Crippen molar-refractivity contribution < 1.29 is 17.6 Å². The molecule has 106 valence electrons. The molecule has 2 aromatic carbocycles. The van der Waals surface area contributed by atoms with Gasteiger partial charge in [-0.2, -0.15) is 13.2 Å². The minimum atomic E-state index is -4.86. The first-order valence-corrected chi connectivity index (χ1v) is 6.36. The Morgan fingerprint density at radius 1 is 0.900 bits per heavy atom. The summed E-state index contributed by atoms with van der Waals surface area (Å²) in [5.74, 6) is -1.39. The number of hydrogen-bond acceptors (Lipinski definition) is 0. The minimum absolute atomic E-state index is 0.00782. The van der Waals surface area contributed by atoms with Crippen molar-refractivity contribution in [3.63, 3.8) is 0 Å². The Kier molecular flexibility index (Phi) is 4.19. The van der Waals surface area contributed by atoms with E-state index in [0.717, 1.165) is 18.2 Å². The first-order valence-electron chi connectivity index (χ1n) is 5.22. The molecular weight excluding hydrogens is 338 g/mol. The zero-order chi connectivity index (χ0) is 15.1. The van der Waals surface area contributed by atoms with Gasteiger partial charge in [0.25, 0.3) is 0 Å². The van der Waals surface area contributed by atoms with Gasteiger partial charge in [-0.3, -0.25) is 0 Å². The van der Waals surface area contributed by atoms with Crippen LogP contribution in [0.2, 0.25) is 15.1 Å². The SMILES string of the molecule is Fc1cccc(-c2cc(Cl)cc(Cl)c2Cl)c1C(F)(F)F. The van der Waals surface area contributed by atoms with Crippen LogP contribution in [0.1, 0.15) is 5.56 Å². The zero-order valence-corrected chi connectivity index (χ0v) is 11.8. The average molecular weight is 344 g/mol. The minimum Gasteiger partial charge on any atom is -0.206 e. The third-order valence-electron chi connectivity index (χ3n) is 2.58. The smallest absolute Gasteiger partial charge is 0.206 e. The highest BCUT2D eigenvalue weighted by molar-refractivity contribution is 6.45. The highest BCUT2D eigenvalue weighted by Gasteiger charge is 2.37. The highest BCUT2D eigenvalue weighted by atomic mass is 35.5. The van der Waals surface area contributed by atoms with Crippen LogP contribution in [-0.2, 0) is 6.18 Å². The molecule has 0 aliphatic rings. The Hall–Kier alpha value is -0.970. The number of benzene rings is 2. The van der Waals surface area contributed by atoms with Crippen molar-refractivity contribution in [3.05, 3.63) is 56.8 Å². The van der Waals surface area contributed by atoms with Gasteiger partial charge in [-0.1, -0.05) is 46.9 Å². The Labute approximate surface area is 126 Å². The van der Waals surface area contributed by atoms with Gasteiger partial charge in [0.05, 0.1) is 15.6 Å². The Morgan fingerprint density at radius 3 is 2.15 bits per heavy atom. The van der Waals surface area contributed by atoms with E-state index in [2.05, 4.69) is 0 Å². The summed E-state index contributed by atoms with van der Waals surface area (Å²) >= 11 is 17.4. The van der Waals surface area contributed by atoms with Crippen LogP contribution in [0.5, 0.6) is 0 Å². The van der Waals surface area contributed by atoms with Gasteiger partial charge in [-0.25, -0.2) is 4.39 Å². The van der Waals surface area contributed by atoms with Crippen LogP contribution in [-0.4, -0.2) is 0 Å². The van der Waals surface area contributed by atoms with E-state index < -0.39 is 23.1 Å². The summed E-state index contributed by atoms with van der Waals surface area (Å²) in [5, 5.41) is -0.0227. The van der Waals surface area contributed by atoms with Crippen LogP contribution in [0.4, 0.5) is 17.6 Å². The fraction of sp³-hybridized carbons (Fsp3) is 0.0769. The number of hydrogen-bond donors (Lipinski definition) is 0. The fourth-order valence-corrected chi connectivity index (χ4v) is 2.49. The monoisotopic (exact) mass is 342 g/mol. The van der Waals surface area contributed by atoms with E-state index in [-0.39, 0.29) is 20.6 Å². The molecule has 0 aliphatic carbocycles. The van der Waals surface area contributed by atoms with Crippen molar-refractivity contribution >= 4 is 34.8 Å². The maximum Gasteiger partial charge on any atom is 0.419 e. The first kappa shape index (κ1) is 15.4. The second kappa shape index (κ2) is 5.43. The van der Waals surface area contributed by atoms with Crippen molar-refractivity contribution in [2.24, 2.45) is 0 Å². The van der Waals surface area contributed by atoms with Crippen LogP contribution >= 0.6 is 34.8 Å². The van der Waals surface area contributed by atoms with Gasteiger partial charge in [-0.15, -0.1) is 0 Å². The Morgan fingerprint density at radius 2 is 1.55 bits per heavy atom. The van der Waals surface area contributed by atoms with Gasteiger partial charge in [-0.05, 0) is 23.8 Å². The van der Waals surface area contributed by atoms with E-state index in [1.165, 1.54) is 12.1 Å². The van der Waals surface area contributed by atoms with Crippen LogP contribution in [0.3, 0.4) is 0 Å². The van der Waals surface area contributed by atoms with Gasteiger partial charge in [0.2, 0.25) is 0 Å². The average Bonchev–Trinajstić information content (AvgIpc) is 2.31. The molecule has 0 amide bonds. The molecule has 2 rings (SSSR count). The molecule has 2 aromatic rings. The maximum atomic E-state index is 13.5. The van der Waals surface area contributed by atoms with E-state index in [0.29, 0.717) is 0 Å². The third kappa shape index (κ3) is 2.87. The van der Waals surface area contributed by atoms with Crippen molar-refractivity contribution in [1.82, 2.24) is 0 Å². The molecule has 0 bridgehead atoms. The standard InChI is InChI=1S/C13H5Cl3F4/c14-6-4-8(12(16)9(15)5-6)7-2-1-3-10(17)11(7)13(18,19)20/h1-5H. The summed E-state index contributed by atoms with van der Waals surface area (Å²) in [7, 11) is 0. The van der Waals surface area contributed by atoms with Crippen LogP contribution < -0.4 is 0 Å². The molecule has 0 fully saturated rings. The predicted molar refractivity (Wildman–Crippen MR) is 71.9 cm³/mol. The zero-order valence-electron chi connectivity index (χ0n) is 9.53. The van der Waals surface area contributed by atoms with Gasteiger partial charge >= 0.3 is 6.18 Å². The molecule has 0 aromatic heterocycles. The molecular formula is C13H5Cl3F4. The first-order chi connectivity index (χ1) is 9.21. The van der Waals surface area contributed by atoms with E-state index in [1.54, 1.807) is 0 Å². The molecule has 20 heavy (non-hydrogen) atoms. The summed E-state index contributed by atoms with van der Waals surface area (Å²) in [6.45, 7) is 0. The van der Waals surface area contributed by atoms with Crippen LogP contribution in [0.25, 0.3) is 11.1 Å². The summed E-state index contributed by atoms with van der Waals surface area (Å²) in [5.41, 5.74) is -1.89. The van der Waals surface area contributed by atoms with E-state index in [9.17, 15) is 17.6 Å². The molecule has 0 heterocycles. The molecule has 7 heteroatoms. The quantitative estimate of drug-likeness (QED) is 0.411. The highest BCUT2D eigenvalue weighted by Crippen LogP contribution is 2.43. The largest absolute Gasteiger partial charge is 0.419 e. The van der Waals surface area contributed by atoms with Gasteiger partial charge < -0.3 is 0 Å². The van der Waals surface area contributed by atoms with E-state index >= 15 is 0 Å². The lowest BCUT2D eigenvalue weighted by molar-refractivity contribution is -0.139. The molecule has 0 nitrogen and oxygen atoms in total. The van der Waals surface area contributed by atoms with Crippen LogP contribution in [0.15, 0.2) is 30.3 Å². The molecule has 0 unspecified atom stereocenters. The summed E-state index contributed by atoms with van der Waals surface area (Å²) < 4.78 is 52.5. The third-order valence-corrected chi connectivity index (χ3v) is 3.60. The number of halogens is 7. The lowest BCUT2D eigenvalue weighted by Gasteiger charge is -2.15. The second-order valence-corrected chi connectivity index (χ2v) is 5.13. The summed E-state index contributed by atoms with van der Waals surface area (Å²) in [6, 6.07) is 5.50.